The van der Waals surface area contributed by atoms with Crippen LogP contribution in [-0.2, 0) is 0 Å². The molecule has 4 rings (SSSR count). The van der Waals surface area contributed by atoms with E-state index in [0.717, 1.165) is 39.1 Å². The number of ether oxygens (including phenoxy) is 1. The first-order valence-corrected chi connectivity index (χ1v) is 8.03. The van der Waals surface area contributed by atoms with Crippen molar-refractivity contribution in [1.82, 2.24) is 9.97 Å². The van der Waals surface area contributed by atoms with Gasteiger partial charge >= 0.3 is 0 Å². The van der Waals surface area contributed by atoms with E-state index in [0.29, 0.717) is 5.88 Å². The lowest BCUT2D eigenvalue weighted by atomic mass is 10.1. The van der Waals surface area contributed by atoms with Crippen LogP contribution >= 0.6 is 15.9 Å². The molecule has 0 atom stereocenters. The van der Waals surface area contributed by atoms with Crippen molar-refractivity contribution < 1.29 is 4.74 Å². The zero-order valence-corrected chi connectivity index (χ0v) is 14.4. The van der Waals surface area contributed by atoms with Crippen LogP contribution in [0, 0.1) is 0 Å². The van der Waals surface area contributed by atoms with Gasteiger partial charge in [0.1, 0.15) is 0 Å². The van der Waals surface area contributed by atoms with E-state index in [1.54, 1.807) is 7.11 Å². The Bertz CT molecular complexity index is 882. The fraction of sp³-hybridized carbons (Fsp3) is 0.176. The van der Waals surface area contributed by atoms with E-state index < -0.39 is 0 Å². The molecular weight excluding hydrogens is 356 g/mol. The number of rotatable bonds is 2. The molecule has 0 fully saturated rings. The van der Waals surface area contributed by atoms with E-state index in [4.69, 9.17) is 4.74 Å². The maximum atomic E-state index is 5.15. The lowest BCUT2D eigenvalue weighted by Crippen LogP contribution is -2.24. The minimum Gasteiger partial charge on any atom is -0.481 e. The zero-order valence-electron chi connectivity index (χ0n) is 12.8. The lowest BCUT2D eigenvalue weighted by molar-refractivity contribution is 0.398. The lowest BCUT2D eigenvalue weighted by Gasteiger charge is -2.20. The van der Waals surface area contributed by atoms with Crippen LogP contribution in [0.2, 0.25) is 0 Å². The van der Waals surface area contributed by atoms with Crippen molar-refractivity contribution in [2.24, 2.45) is 0 Å². The number of anilines is 3. The predicted octanol–water partition coefficient (Wildman–Crippen LogP) is 3.95. The van der Waals surface area contributed by atoms with Crippen molar-refractivity contribution in [1.29, 1.82) is 0 Å². The second-order valence-corrected chi connectivity index (χ2v) is 6.40. The highest BCUT2D eigenvalue weighted by atomic mass is 79.9. The van der Waals surface area contributed by atoms with Crippen LogP contribution in [-0.4, -0.2) is 30.8 Å². The van der Waals surface area contributed by atoms with Crippen LogP contribution in [0.3, 0.4) is 0 Å². The van der Waals surface area contributed by atoms with E-state index in [1.165, 1.54) is 0 Å². The van der Waals surface area contributed by atoms with Crippen LogP contribution in [0.4, 0.5) is 17.1 Å². The summed E-state index contributed by atoms with van der Waals surface area (Å²) in [6, 6.07) is 10.1. The molecule has 5 nitrogen and oxygen atoms in total. The normalized spacial score (nSPS) is 13.5. The number of hydrogen-bond donors (Lipinski definition) is 0. The van der Waals surface area contributed by atoms with Gasteiger partial charge < -0.3 is 14.5 Å². The number of halogens is 1. The molecule has 0 N–H and O–H groups in total. The summed E-state index contributed by atoms with van der Waals surface area (Å²) in [5, 5.41) is 1.12. The highest BCUT2D eigenvalue weighted by molar-refractivity contribution is 9.10. The van der Waals surface area contributed by atoms with Crippen molar-refractivity contribution in [2.75, 3.05) is 30.6 Å². The third-order valence-electron chi connectivity index (χ3n) is 4.06. The third kappa shape index (κ3) is 2.30. The molecule has 0 saturated heterocycles. The van der Waals surface area contributed by atoms with Gasteiger partial charge in [-0.3, -0.25) is 4.98 Å². The van der Waals surface area contributed by atoms with Crippen LogP contribution in [0.25, 0.3) is 10.9 Å². The average Bonchev–Trinajstić information content (AvgIpc) is 2.92. The van der Waals surface area contributed by atoms with Crippen molar-refractivity contribution in [3.05, 3.63) is 47.2 Å². The first-order valence-electron chi connectivity index (χ1n) is 7.24. The topological polar surface area (TPSA) is 41.5 Å². The molecule has 0 amide bonds. The van der Waals surface area contributed by atoms with Crippen molar-refractivity contribution in [3.63, 3.8) is 0 Å². The molecule has 1 aliphatic heterocycles. The predicted molar refractivity (Wildman–Crippen MR) is 95.6 cm³/mol. The van der Waals surface area contributed by atoms with Crippen LogP contribution < -0.4 is 14.5 Å². The SMILES string of the molecule is COc1ccc(N2CN(C)c3cnc4ccc(Br)cc4c32)cn1. The number of benzene rings is 1. The van der Waals surface area contributed by atoms with Gasteiger partial charge in [0.25, 0.3) is 0 Å². The summed E-state index contributed by atoms with van der Waals surface area (Å²) in [4.78, 5) is 13.3. The van der Waals surface area contributed by atoms with Gasteiger partial charge in [-0.2, -0.15) is 0 Å². The minimum atomic E-state index is 0.615. The number of pyridine rings is 2. The number of methoxy groups -OCH3 is 1. The van der Waals surface area contributed by atoms with E-state index >= 15 is 0 Å². The Morgan fingerprint density at radius 3 is 2.74 bits per heavy atom. The number of aromatic nitrogens is 2. The molecule has 3 heterocycles. The van der Waals surface area contributed by atoms with Crippen molar-refractivity contribution in [2.45, 2.75) is 0 Å². The summed E-state index contributed by atoms with van der Waals surface area (Å²) in [6.07, 6.45) is 3.77. The second kappa shape index (κ2) is 5.38. The molecule has 23 heavy (non-hydrogen) atoms. The van der Waals surface area contributed by atoms with Gasteiger partial charge in [-0.25, -0.2) is 4.98 Å². The fourth-order valence-electron chi connectivity index (χ4n) is 2.93. The monoisotopic (exact) mass is 370 g/mol. The Labute approximate surface area is 142 Å². The maximum absolute atomic E-state index is 5.15. The Morgan fingerprint density at radius 1 is 1.13 bits per heavy atom. The van der Waals surface area contributed by atoms with Gasteiger partial charge in [-0.1, -0.05) is 15.9 Å². The number of fused-ring (bicyclic) bond motifs is 3. The molecule has 1 aromatic carbocycles. The zero-order chi connectivity index (χ0) is 16.0. The maximum Gasteiger partial charge on any atom is 0.213 e. The quantitative estimate of drug-likeness (QED) is 0.683. The summed E-state index contributed by atoms with van der Waals surface area (Å²) in [5.41, 5.74) is 4.29. The Morgan fingerprint density at radius 2 is 2.00 bits per heavy atom. The minimum absolute atomic E-state index is 0.615. The Balaban J connectivity index is 1.91. The summed E-state index contributed by atoms with van der Waals surface area (Å²) in [5.74, 6) is 0.615. The molecule has 3 aromatic rings. The van der Waals surface area contributed by atoms with Gasteiger partial charge in [-0.15, -0.1) is 0 Å². The summed E-state index contributed by atoms with van der Waals surface area (Å²) in [7, 11) is 3.69. The molecular formula is C17H15BrN4O. The first-order chi connectivity index (χ1) is 11.2. The smallest absolute Gasteiger partial charge is 0.213 e. The average molecular weight is 371 g/mol. The molecule has 0 bridgehead atoms. The first kappa shape index (κ1) is 14.3. The Hall–Kier alpha value is -2.34. The molecule has 0 spiro atoms. The largest absolute Gasteiger partial charge is 0.481 e. The third-order valence-corrected chi connectivity index (χ3v) is 4.55. The summed E-state index contributed by atoms with van der Waals surface area (Å²) in [6.45, 7) is 0.761. The second-order valence-electron chi connectivity index (χ2n) is 5.48. The molecule has 116 valence electrons. The molecule has 2 aromatic heterocycles. The molecule has 0 saturated carbocycles. The van der Waals surface area contributed by atoms with Gasteiger partial charge in [0.05, 0.1) is 48.8 Å². The molecule has 0 aliphatic carbocycles. The molecule has 6 heteroatoms. The fourth-order valence-corrected chi connectivity index (χ4v) is 3.29. The van der Waals surface area contributed by atoms with E-state index in [-0.39, 0.29) is 0 Å². The molecule has 0 unspecified atom stereocenters. The van der Waals surface area contributed by atoms with Crippen LogP contribution in [0.15, 0.2) is 47.2 Å². The van der Waals surface area contributed by atoms with Crippen molar-refractivity contribution >= 4 is 43.9 Å². The highest BCUT2D eigenvalue weighted by Crippen LogP contribution is 2.44. The van der Waals surface area contributed by atoms with Gasteiger partial charge in [0.15, 0.2) is 0 Å². The number of nitrogens with zero attached hydrogens (tertiary/aromatic N) is 4. The Kier molecular flexibility index (Phi) is 3.34. The van der Waals surface area contributed by atoms with Crippen LogP contribution in [0.1, 0.15) is 0 Å². The van der Waals surface area contributed by atoms with E-state index in [2.05, 4.69) is 48.8 Å². The standard InChI is InChI=1S/C17H15BrN4O/c1-21-10-22(12-4-6-16(23-2)20-8-12)17-13-7-11(18)3-5-14(13)19-9-15(17)21/h3-9H,10H2,1-2H3. The molecule has 1 aliphatic rings. The highest BCUT2D eigenvalue weighted by Gasteiger charge is 2.27. The van der Waals surface area contributed by atoms with Crippen molar-refractivity contribution in [3.8, 4) is 5.88 Å². The van der Waals surface area contributed by atoms with E-state index in [1.807, 2.05) is 36.7 Å². The van der Waals surface area contributed by atoms with Gasteiger partial charge in [0.2, 0.25) is 5.88 Å². The van der Waals surface area contributed by atoms with E-state index in [9.17, 15) is 0 Å². The summed E-state index contributed by atoms with van der Waals surface area (Å²) < 4.78 is 6.20. The van der Waals surface area contributed by atoms with Crippen LogP contribution in [0.5, 0.6) is 5.88 Å². The van der Waals surface area contributed by atoms with Gasteiger partial charge in [0, 0.05) is 23.0 Å². The molecule has 0 radical (unpaired) electrons. The van der Waals surface area contributed by atoms with Gasteiger partial charge in [-0.05, 0) is 24.3 Å². The summed E-state index contributed by atoms with van der Waals surface area (Å²) >= 11 is 3.56. The number of hydrogen-bond acceptors (Lipinski definition) is 5.